The molecule has 1 fully saturated rings. The van der Waals surface area contributed by atoms with E-state index in [2.05, 4.69) is 4.98 Å². The van der Waals surface area contributed by atoms with Gasteiger partial charge in [0.25, 0.3) is 0 Å². The summed E-state index contributed by atoms with van der Waals surface area (Å²) in [6, 6.07) is 10.0. The molecule has 1 aliphatic carbocycles. The second-order valence-electron chi connectivity index (χ2n) is 7.03. The van der Waals surface area contributed by atoms with Crippen molar-refractivity contribution < 1.29 is 14.2 Å². The summed E-state index contributed by atoms with van der Waals surface area (Å²) in [5, 5.41) is 12.0. The maximum atomic E-state index is 13.3. The fourth-order valence-corrected chi connectivity index (χ4v) is 4.84. The predicted octanol–water partition coefficient (Wildman–Crippen LogP) is 6.28. The van der Waals surface area contributed by atoms with E-state index in [4.69, 9.17) is 16.3 Å². The standard InChI is InChI=1S/C21H21ClFNO2S/c22-17-11-15(7-8-16(17)21(25)13-4-2-1-3-5-13)26-12-20-24-18-10-14(23)6-9-19(18)27-20/h6-11,13,21,25H,1-5,12H2. The largest absolute Gasteiger partial charge is 0.486 e. The number of hydrogen-bond donors (Lipinski definition) is 1. The smallest absolute Gasteiger partial charge is 0.140 e. The van der Waals surface area contributed by atoms with Crippen LogP contribution in [0.15, 0.2) is 36.4 Å². The molecule has 1 unspecified atom stereocenters. The monoisotopic (exact) mass is 405 g/mol. The Balaban J connectivity index is 1.43. The molecule has 0 aliphatic heterocycles. The van der Waals surface area contributed by atoms with Crippen molar-refractivity contribution in [1.29, 1.82) is 0 Å². The minimum absolute atomic E-state index is 0.283. The zero-order valence-electron chi connectivity index (χ0n) is 14.8. The number of benzene rings is 2. The summed E-state index contributed by atoms with van der Waals surface area (Å²) in [4.78, 5) is 4.40. The van der Waals surface area contributed by atoms with Crippen LogP contribution >= 0.6 is 22.9 Å². The molecule has 6 heteroatoms. The maximum absolute atomic E-state index is 13.3. The number of hydrogen-bond acceptors (Lipinski definition) is 4. The lowest BCUT2D eigenvalue weighted by Crippen LogP contribution is -2.16. The molecule has 2 aromatic carbocycles. The third kappa shape index (κ3) is 4.26. The van der Waals surface area contributed by atoms with Crippen molar-refractivity contribution in [1.82, 2.24) is 4.98 Å². The Labute approximate surface area is 166 Å². The summed E-state index contributed by atoms with van der Waals surface area (Å²) in [5.74, 6) is 0.621. The lowest BCUT2D eigenvalue weighted by molar-refractivity contribution is 0.0849. The number of aliphatic hydroxyl groups excluding tert-OH is 1. The zero-order valence-corrected chi connectivity index (χ0v) is 16.4. The van der Waals surface area contributed by atoms with Crippen LogP contribution in [-0.2, 0) is 6.61 Å². The van der Waals surface area contributed by atoms with Crippen LogP contribution in [0.1, 0.15) is 48.8 Å². The molecule has 0 radical (unpaired) electrons. The molecular weight excluding hydrogens is 385 g/mol. The number of nitrogens with zero attached hydrogens (tertiary/aromatic N) is 1. The molecule has 4 rings (SSSR count). The van der Waals surface area contributed by atoms with E-state index >= 15 is 0 Å². The van der Waals surface area contributed by atoms with Gasteiger partial charge in [0.15, 0.2) is 0 Å². The lowest BCUT2D eigenvalue weighted by Gasteiger charge is -2.27. The van der Waals surface area contributed by atoms with Crippen LogP contribution in [0, 0.1) is 11.7 Å². The van der Waals surface area contributed by atoms with E-state index in [1.807, 2.05) is 12.1 Å². The maximum Gasteiger partial charge on any atom is 0.140 e. The number of rotatable bonds is 5. The number of thiazole rings is 1. The second-order valence-corrected chi connectivity index (χ2v) is 8.56. The fourth-order valence-electron chi connectivity index (χ4n) is 3.70. The van der Waals surface area contributed by atoms with Gasteiger partial charge in [-0.05, 0) is 48.6 Å². The first-order chi connectivity index (χ1) is 13.1. The molecule has 0 bridgehead atoms. The molecule has 1 heterocycles. The number of halogens is 2. The minimum Gasteiger partial charge on any atom is -0.486 e. The molecule has 27 heavy (non-hydrogen) atoms. The Kier molecular flexibility index (Phi) is 5.62. The predicted molar refractivity (Wildman–Crippen MR) is 107 cm³/mol. The van der Waals surface area contributed by atoms with E-state index in [1.54, 1.807) is 12.1 Å². The topological polar surface area (TPSA) is 42.4 Å². The Morgan fingerprint density at radius 2 is 2.00 bits per heavy atom. The van der Waals surface area contributed by atoms with E-state index in [0.717, 1.165) is 28.1 Å². The minimum atomic E-state index is -0.522. The van der Waals surface area contributed by atoms with Crippen molar-refractivity contribution in [2.75, 3.05) is 0 Å². The summed E-state index contributed by atoms with van der Waals surface area (Å²) in [5.41, 5.74) is 1.41. The van der Waals surface area contributed by atoms with Crippen molar-refractivity contribution in [3.05, 3.63) is 57.8 Å². The van der Waals surface area contributed by atoms with Gasteiger partial charge in [0.1, 0.15) is 23.2 Å². The van der Waals surface area contributed by atoms with Gasteiger partial charge in [-0.25, -0.2) is 9.37 Å². The number of ether oxygens (including phenoxy) is 1. The molecule has 3 nitrogen and oxygen atoms in total. The summed E-state index contributed by atoms with van der Waals surface area (Å²) in [6.45, 7) is 0.293. The zero-order chi connectivity index (χ0) is 18.8. The van der Waals surface area contributed by atoms with Crippen molar-refractivity contribution in [2.45, 2.75) is 44.8 Å². The van der Waals surface area contributed by atoms with Crippen LogP contribution in [0.4, 0.5) is 4.39 Å². The molecule has 1 aliphatic rings. The van der Waals surface area contributed by atoms with E-state index in [0.29, 0.717) is 22.9 Å². The summed E-state index contributed by atoms with van der Waals surface area (Å²) >= 11 is 7.89. The van der Waals surface area contributed by atoms with Gasteiger partial charge in [-0.3, -0.25) is 0 Å². The van der Waals surface area contributed by atoms with Gasteiger partial charge in [-0.15, -0.1) is 11.3 Å². The molecule has 1 atom stereocenters. The van der Waals surface area contributed by atoms with Crippen LogP contribution in [-0.4, -0.2) is 10.1 Å². The first kappa shape index (κ1) is 18.7. The van der Waals surface area contributed by atoms with E-state index in [9.17, 15) is 9.50 Å². The van der Waals surface area contributed by atoms with Gasteiger partial charge in [0.05, 0.1) is 21.3 Å². The highest BCUT2D eigenvalue weighted by atomic mass is 35.5. The molecular formula is C21H21ClFNO2S. The highest BCUT2D eigenvalue weighted by molar-refractivity contribution is 7.18. The summed E-state index contributed by atoms with van der Waals surface area (Å²) in [7, 11) is 0. The third-order valence-corrected chi connectivity index (χ3v) is 6.48. The normalized spacial score (nSPS) is 16.6. The Bertz CT molecular complexity index is 939. The molecule has 1 aromatic heterocycles. The van der Waals surface area contributed by atoms with E-state index in [1.165, 1.54) is 42.7 Å². The van der Waals surface area contributed by atoms with Crippen molar-refractivity contribution in [3.63, 3.8) is 0 Å². The van der Waals surface area contributed by atoms with Crippen LogP contribution in [0.25, 0.3) is 10.2 Å². The lowest BCUT2D eigenvalue weighted by atomic mass is 9.83. The Morgan fingerprint density at radius 3 is 2.78 bits per heavy atom. The number of aromatic nitrogens is 1. The molecule has 0 amide bonds. The number of aliphatic hydroxyl groups is 1. The van der Waals surface area contributed by atoms with Crippen LogP contribution in [0.3, 0.4) is 0 Å². The van der Waals surface area contributed by atoms with E-state index in [-0.39, 0.29) is 11.7 Å². The Hall–Kier alpha value is -1.69. The van der Waals surface area contributed by atoms with Gasteiger partial charge >= 0.3 is 0 Å². The Morgan fingerprint density at radius 1 is 1.19 bits per heavy atom. The fraction of sp³-hybridized carbons (Fsp3) is 0.381. The van der Waals surface area contributed by atoms with Gasteiger partial charge < -0.3 is 9.84 Å². The van der Waals surface area contributed by atoms with Crippen LogP contribution in [0.2, 0.25) is 5.02 Å². The van der Waals surface area contributed by atoms with Crippen LogP contribution in [0.5, 0.6) is 5.75 Å². The molecule has 1 saturated carbocycles. The molecule has 0 saturated heterocycles. The SMILES string of the molecule is OC(c1ccc(OCc2nc3cc(F)ccc3s2)cc1Cl)C1CCCCC1. The first-order valence-electron chi connectivity index (χ1n) is 9.25. The van der Waals surface area contributed by atoms with Crippen molar-refractivity contribution in [2.24, 2.45) is 5.92 Å². The molecule has 3 aromatic rings. The summed E-state index contributed by atoms with van der Waals surface area (Å²) < 4.78 is 20.0. The molecule has 142 valence electrons. The van der Waals surface area contributed by atoms with Gasteiger partial charge in [-0.1, -0.05) is 36.9 Å². The molecule has 0 spiro atoms. The second kappa shape index (κ2) is 8.13. The average Bonchev–Trinajstić information content (AvgIpc) is 3.08. The van der Waals surface area contributed by atoms with Gasteiger partial charge in [-0.2, -0.15) is 0 Å². The molecule has 1 N–H and O–H groups in total. The van der Waals surface area contributed by atoms with Crippen molar-refractivity contribution in [3.8, 4) is 5.75 Å². The quantitative estimate of drug-likeness (QED) is 0.543. The van der Waals surface area contributed by atoms with Crippen LogP contribution < -0.4 is 4.74 Å². The number of fused-ring (bicyclic) bond motifs is 1. The first-order valence-corrected chi connectivity index (χ1v) is 10.4. The highest BCUT2D eigenvalue weighted by Crippen LogP contribution is 2.38. The van der Waals surface area contributed by atoms with Crippen molar-refractivity contribution >= 4 is 33.2 Å². The summed E-state index contributed by atoms with van der Waals surface area (Å²) in [6.07, 6.45) is 5.18. The third-order valence-electron chi connectivity index (χ3n) is 5.14. The average molecular weight is 406 g/mol. The highest BCUT2D eigenvalue weighted by Gasteiger charge is 2.24. The van der Waals surface area contributed by atoms with Gasteiger partial charge in [0, 0.05) is 6.07 Å². The van der Waals surface area contributed by atoms with E-state index < -0.39 is 6.10 Å². The van der Waals surface area contributed by atoms with Gasteiger partial charge in [0.2, 0.25) is 0 Å².